The molecule has 3 fully saturated rings. The average Bonchev–Trinajstić information content (AvgIpc) is 3.49. The smallest absolute Gasteiger partial charge is 0.263 e. The first-order chi connectivity index (χ1) is 25.8. The van der Waals surface area contributed by atoms with Gasteiger partial charge in [-0.25, -0.2) is 4.21 Å². The second-order valence-corrected chi connectivity index (χ2v) is 18.2. The van der Waals surface area contributed by atoms with Gasteiger partial charge in [0.05, 0.1) is 17.5 Å². The van der Waals surface area contributed by atoms with E-state index in [0.717, 1.165) is 69.0 Å². The van der Waals surface area contributed by atoms with Crippen LogP contribution in [0, 0.1) is 23.7 Å². The number of nitrogens with one attached hydrogen (secondary N) is 1. The Morgan fingerprint density at radius 1 is 0.981 bits per heavy atom. The van der Waals surface area contributed by atoms with Crippen molar-refractivity contribution in [3.63, 3.8) is 0 Å². The van der Waals surface area contributed by atoms with Gasteiger partial charge in [-0.3, -0.25) is 19.3 Å². The Hall–Kier alpha value is -2.43. The number of carbonyl (C=O) groups is 1. The monoisotopic (exact) mass is 766 g/mol. The van der Waals surface area contributed by atoms with Crippen LogP contribution < -0.4 is 14.4 Å². The lowest BCUT2D eigenvalue weighted by Crippen LogP contribution is -2.54. The summed E-state index contributed by atoms with van der Waals surface area (Å²) >= 11 is 6.50. The number of benzene rings is 2. The van der Waals surface area contributed by atoms with Crippen molar-refractivity contribution in [1.29, 1.82) is 0 Å². The fraction of sp³-hybridized carbons (Fsp3) is 0.651. The average molecular weight is 768 g/mol. The van der Waals surface area contributed by atoms with Crippen LogP contribution in [0.3, 0.4) is 0 Å². The minimum absolute atomic E-state index is 0.164. The first-order valence-electron chi connectivity index (χ1n) is 20.4. The molecule has 4 aliphatic heterocycles. The number of fused-ring (bicyclic) bond motifs is 3. The minimum atomic E-state index is -1.49. The molecule has 1 amide bonds. The van der Waals surface area contributed by atoms with Crippen LogP contribution in [0.4, 0.5) is 5.69 Å². The van der Waals surface area contributed by atoms with Gasteiger partial charge < -0.3 is 14.7 Å². The van der Waals surface area contributed by atoms with Gasteiger partial charge in [0.1, 0.15) is 16.7 Å². The zero-order valence-electron chi connectivity index (χ0n) is 32.5. The van der Waals surface area contributed by atoms with Gasteiger partial charge in [-0.05, 0) is 117 Å². The molecule has 2 N–H and O–H groups in total. The number of allylic oxidation sites excluding steroid dienone is 1. The number of aliphatic hydroxyl groups excluding tert-OH is 1. The van der Waals surface area contributed by atoms with Crippen molar-refractivity contribution >= 4 is 34.2 Å². The van der Waals surface area contributed by atoms with E-state index in [1.54, 1.807) is 0 Å². The number of rotatable bonds is 5. The van der Waals surface area contributed by atoms with E-state index in [1.807, 2.05) is 31.2 Å². The third-order valence-electron chi connectivity index (χ3n) is 12.9. The molecule has 10 heteroatoms. The number of carbonyl (C=O) groups excluding carboxylic acids is 1. The Kier molecular flexibility index (Phi) is 14.4. The predicted molar refractivity (Wildman–Crippen MR) is 218 cm³/mol. The number of halogens is 1. The van der Waals surface area contributed by atoms with Gasteiger partial charge in [0.15, 0.2) is 0 Å². The van der Waals surface area contributed by atoms with Crippen molar-refractivity contribution in [2.75, 3.05) is 64.4 Å². The molecule has 2 aromatic carbocycles. The van der Waals surface area contributed by atoms with Gasteiger partial charge in [0.25, 0.3) is 5.91 Å². The Morgan fingerprint density at radius 2 is 1.83 bits per heavy atom. The zero-order chi connectivity index (χ0) is 37.5. The Morgan fingerprint density at radius 3 is 2.62 bits per heavy atom. The van der Waals surface area contributed by atoms with Crippen LogP contribution in [0.5, 0.6) is 5.75 Å². The highest BCUT2D eigenvalue weighted by Crippen LogP contribution is 2.45. The maximum Gasteiger partial charge on any atom is 0.263 e. The van der Waals surface area contributed by atoms with Crippen molar-refractivity contribution < 1.29 is 18.8 Å². The standard InChI is InChI=1S/C42H59ClN4O3S.CH4O/c1-4-9-31-22-36(43)15-17-38(31)35-26-47-25-34-13-16-39(34)33(24-45-20-21-46-19-7-5-6-12-37(46)27-45)11-8-10-29(2)30(3)51(49)44-42(48)32-14-18-41(50-28-35)40(47)23-32;1-2/h8,11,14-15,17-18,22-23,29-30,33-35,37,39H,4-7,9-10,12-13,16,19-21,24-28H2,1-3H3,(H,44,48);2H,1H3/b11-8+;. The fourth-order valence-corrected chi connectivity index (χ4v) is 10.7. The molecule has 1 saturated carbocycles. The van der Waals surface area contributed by atoms with E-state index in [-0.39, 0.29) is 23.0 Å². The normalized spacial score (nSPS) is 31.9. The minimum Gasteiger partial charge on any atom is -0.491 e. The number of hydrogen-bond donors (Lipinski definition) is 2. The van der Waals surface area contributed by atoms with E-state index in [1.165, 1.54) is 69.3 Å². The summed E-state index contributed by atoms with van der Waals surface area (Å²) in [5.74, 6) is 2.51. The van der Waals surface area contributed by atoms with E-state index in [4.69, 9.17) is 21.4 Å². The second kappa shape index (κ2) is 18.9. The summed E-state index contributed by atoms with van der Waals surface area (Å²) in [6.07, 6.45) is 15.7. The summed E-state index contributed by atoms with van der Waals surface area (Å²) in [6.45, 7) is 14.6. The summed E-state index contributed by atoms with van der Waals surface area (Å²) in [4.78, 5) is 21.6. The topological polar surface area (TPSA) is 85.4 Å². The molecule has 2 saturated heterocycles. The molecule has 5 aliphatic rings. The molecule has 0 spiro atoms. The highest BCUT2D eigenvalue weighted by Gasteiger charge is 2.40. The predicted octanol–water partition coefficient (Wildman–Crippen LogP) is 7.46. The number of aryl methyl sites for hydroxylation is 1. The van der Waals surface area contributed by atoms with E-state index in [0.29, 0.717) is 36.0 Å². The van der Waals surface area contributed by atoms with Crippen molar-refractivity contribution in [1.82, 2.24) is 14.5 Å². The fourth-order valence-electron chi connectivity index (χ4n) is 9.44. The van der Waals surface area contributed by atoms with Gasteiger partial charge >= 0.3 is 0 Å². The summed E-state index contributed by atoms with van der Waals surface area (Å²) in [6, 6.07) is 12.8. The van der Waals surface area contributed by atoms with Gasteiger partial charge in [-0.1, -0.05) is 62.9 Å². The molecule has 0 aromatic heterocycles. The molecule has 2 aromatic rings. The van der Waals surface area contributed by atoms with E-state index in [2.05, 4.69) is 57.6 Å². The molecule has 53 heavy (non-hydrogen) atoms. The van der Waals surface area contributed by atoms with Gasteiger partial charge in [0, 0.05) is 68.9 Å². The summed E-state index contributed by atoms with van der Waals surface area (Å²) in [7, 11) is -0.493. The molecule has 8 unspecified atom stereocenters. The number of ether oxygens (including phenoxy) is 1. The number of aliphatic hydroxyl groups is 1. The molecular weight excluding hydrogens is 704 g/mol. The third kappa shape index (κ3) is 9.69. The molecule has 8 nitrogen and oxygen atoms in total. The summed E-state index contributed by atoms with van der Waals surface area (Å²) in [5.41, 5.74) is 4.10. The van der Waals surface area contributed by atoms with E-state index in [9.17, 15) is 9.00 Å². The van der Waals surface area contributed by atoms with Crippen molar-refractivity contribution in [3.8, 4) is 5.75 Å². The first-order valence-corrected chi connectivity index (χ1v) is 22.0. The molecule has 8 atom stereocenters. The molecule has 2 bridgehead atoms. The van der Waals surface area contributed by atoms with Crippen LogP contribution in [0.25, 0.3) is 0 Å². The summed E-state index contributed by atoms with van der Waals surface area (Å²) < 4.78 is 22.9. The Balaban J connectivity index is 0.00000236. The van der Waals surface area contributed by atoms with Crippen LogP contribution in [-0.4, -0.2) is 95.8 Å². The van der Waals surface area contributed by atoms with Crippen LogP contribution in [-0.2, 0) is 17.4 Å². The lowest BCUT2D eigenvalue weighted by molar-refractivity contribution is 0.0455. The SMILES string of the molecule is CCCc1cc(Cl)ccc1C1COc2ccc3cc2N(C1)CC1CCC1C(CN1CCN2CCCCCC2C1)/C=C/CC(C)C(C)S(=O)NC3=O.CO. The Labute approximate surface area is 326 Å². The quantitative estimate of drug-likeness (QED) is 0.306. The number of piperazine rings is 1. The van der Waals surface area contributed by atoms with Crippen molar-refractivity contribution in [3.05, 3.63) is 70.3 Å². The largest absolute Gasteiger partial charge is 0.491 e. The van der Waals surface area contributed by atoms with Crippen LogP contribution in [0.15, 0.2) is 48.6 Å². The highest BCUT2D eigenvalue weighted by atomic mass is 35.5. The van der Waals surface area contributed by atoms with Crippen molar-refractivity contribution in [2.45, 2.75) is 95.8 Å². The lowest BCUT2D eigenvalue weighted by atomic mass is 9.66. The van der Waals surface area contributed by atoms with E-state index < -0.39 is 11.0 Å². The molecule has 7 rings (SSSR count). The third-order valence-corrected chi connectivity index (χ3v) is 14.6. The second-order valence-electron chi connectivity index (χ2n) is 16.2. The maximum atomic E-state index is 13.5. The Bertz CT molecular complexity index is 1590. The highest BCUT2D eigenvalue weighted by molar-refractivity contribution is 7.84. The van der Waals surface area contributed by atoms with Crippen molar-refractivity contribution in [2.24, 2.45) is 23.7 Å². The van der Waals surface area contributed by atoms with Gasteiger partial charge in [-0.15, -0.1) is 0 Å². The van der Waals surface area contributed by atoms with Gasteiger partial charge in [0.2, 0.25) is 0 Å². The lowest BCUT2D eigenvalue weighted by Gasteiger charge is -2.47. The van der Waals surface area contributed by atoms with Crippen LogP contribution in [0.1, 0.15) is 99.5 Å². The maximum absolute atomic E-state index is 13.5. The molecule has 4 heterocycles. The first kappa shape index (κ1) is 40.2. The number of anilines is 1. The zero-order valence-corrected chi connectivity index (χ0v) is 34.1. The molecule has 292 valence electrons. The van der Waals surface area contributed by atoms with Crippen LogP contribution in [0.2, 0.25) is 5.02 Å². The van der Waals surface area contributed by atoms with Gasteiger partial charge in [-0.2, -0.15) is 0 Å². The summed E-state index contributed by atoms with van der Waals surface area (Å²) in [5, 5.41) is 7.61. The van der Waals surface area contributed by atoms with E-state index >= 15 is 0 Å². The molecule has 0 radical (unpaired) electrons. The number of amides is 1. The molecule has 1 aliphatic carbocycles. The number of hydrogen-bond acceptors (Lipinski definition) is 7. The van der Waals surface area contributed by atoms with Crippen LogP contribution >= 0.6 is 11.6 Å². The molecular formula is C43H63ClN4O4S. The number of nitrogens with zero attached hydrogens (tertiary/aromatic N) is 3.